The van der Waals surface area contributed by atoms with Gasteiger partial charge in [-0.25, -0.2) is 0 Å². The highest BCUT2D eigenvalue weighted by Gasteiger charge is 2.40. The van der Waals surface area contributed by atoms with Crippen LogP contribution in [-0.2, 0) is 9.59 Å². The van der Waals surface area contributed by atoms with Crippen LogP contribution in [0.3, 0.4) is 0 Å². The van der Waals surface area contributed by atoms with Gasteiger partial charge in [0.25, 0.3) is 11.8 Å². The molecule has 0 saturated heterocycles. The molecule has 1 atom stereocenters. The van der Waals surface area contributed by atoms with Gasteiger partial charge in [-0.15, -0.1) is 0 Å². The normalized spacial score (nSPS) is 16.5. The Balaban J connectivity index is 2.11. The zero-order valence-corrected chi connectivity index (χ0v) is 17.1. The molecule has 7 nitrogen and oxygen atoms in total. The van der Waals surface area contributed by atoms with Crippen LogP contribution < -0.4 is 9.84 Å². The average Bonchev–Trinajstić information content (AvgIpc) is 2.74. The maximum absolute atomic E-state index is 13.3. The van der Waals surface area contributed by atoms with Crippen LogP contribution in [0.15, 0.2) is 60.8 Å². The Morgan fingerprint density at radius 3 is 2.23 bits per heavy atom. The van der Waals surface area contributed by atoms with E-state index in [9.17, 15) is 19.5 Å². The van der Waals surface area contributed by atoms with Crippen LogP contribution in [0.2, 0.25) is 0 Å². The van der Waals surface area contributed by atoms with Crippen molar-refractivity contribution in [2.75, 3.05) is 13.7 Å². The molecule has 2 aromatic carbocycles. The summed E-state index contributed by atoms with van der Waals surface area (Å²) >= 11 is 0. The third kappa shape index (κ3) is 4.20. The lowest BCUT2D eigenvalue weighted by Crippen LogP contribution is -2.56. The van der Waals surface area contributed by atoms with E-state index in [1.807, 2.05) is 19.9 Å². The molecule has 0 spiro atoms. The Morgan fingerprint density at radius 2 is 1.70 bits per heavy atom. The molecular weight excluding hydrogens is 384 g/mol. The van der Waals surface area contributed by atoms with E-state index in [0.717, 1.165) is 0 Å². The minimum atomic E-state index is -1.37. The zero-order valence-electron chi connectivity index (χ0n) is 17.1. The summed E-state index contributed by atoms with van der Waals surface area (Å²) in [6.45, 7) is 3.04. The van der Waals surface area contributed by atoms with E-state index in [1.165, 1.54) is 16.9 Å². The first-order chi connectivity index (χ1) is 14.3. The summed E-state index contributed by atoms with van der Waals surface area (Å²) in [7, 11) is 1.54. The van der Waals surface area contributed by atoms with E-state index in [2.05, 4.69) is 0 Å². The van der Waals surface area contributed by atoms with Crippen molar-refractivity contribution in [3.05, 3.63) is 71.9 Å². The van der Waals surface area contributed by atoms with Crippen molar-refractivity contribution in [2.24, 2.45) is 5.92 Å². The van der Waals surface area contributed by atoms with Crippen LogP contribution in [0, 0.1) is 5.92 Å². The van der Waals surface area contributed by atoms with E-state index in [4.69, 9.17) is 4.74 Å². The Kier molecular flexibility index (Phi) is 6.20. The van der Waals surface area contributed by atoms with Crippen LogP contribution in [0.5, 0.6) is 5.75 Å². The highest BCUT2D eigenvalue weighted by Crippen LogP contribution is 2.31. The SMILES string of the molecule is COc1ccc(C(=O)N2C=C(c3ccccc3)N(CC(=O)[O-])C(=O)C2C(C)C)cc1. The molecular formula is C23H23N2O5-. The fourth-order valence-electron chi connectivity index (χ4n) is 3.48. The van der Waals surface area contributed by atoms with Gasteiger partial charge in [0, 0.05) is 11.8 Å². The number of benzene rings is 2. The molecule has 7 heteroatoms. The lowest BCUT2D eigenvalue weighted by atomic mass is 9.96. The van der Waals surface area contributed by atoms with Crippen molar-refractivity contribution in [1.29, 1.82) is 0 Å². The van der Waals surface area contributed by atoms with Crippen molar-refractivity contribution in [3.8, 4) is 5.75 Å². The van der Waals surface area contributed by atoms with Gasteiger partial charge in [-0.3, -0.25) is 9.59 Å². The largest absolute Gasteiger partial charge is 0.548 e. The van der Waals surface area contributed by atoms with Gasteiger partial charge in [-0.05, 0) is 35.7 Å². The van der Waals surface area contributed by atoms with Crippen molar-refractivity contribution >= 4 is 23.5 Å². The average molecular weight is 407 g/mol. The lowest BCUT2D eigenvalue weighted by molar-refractivity contribution is -0.305. The van der Waals surface area contributed by atoms with Crippen molar-refractivity contribution in [1.82, 2.24) is 9.80 Å². The summed E-state index contributed by atoms with van der Waals surface area (Å²) in [6, 6.07) is 14.7. The van der Waals surface area contributed by atoms with E-state index in [-0.39, 0.29) is 11.8 Å². The molecule has 0 aliphatic carbocycles. The Morgan fingerprint density at radius 1 is 1.07 bits per heavy atom. The second-order valence-corrected chi connectivity index (χ2v) is 7.31. The number of rotatable bonds is 6. The molecule has 0 N–H and O–H groups in total. The predicted octanol–water partition coefficient (Wildman–Crippen LogP) is 1.75. The fourth-order valence-corrected chi connectivity index (χ4v) is 3.48. The van der Waals surface area contributed by atoms with Gasteiger partial charge in [0.15, 0.2) is 0 Å². The first-order valence-corrected chi connectivity index (χ1v) is 9.58. The van der Waals surface area contributed by atoms with Gasteiger partial charge in [-0.2, -0.15) is 0 Å². The van der Waals surface area contributed by atoms with Crippen LogP contribution in [0.25, 0.3) is 5.70 Å². The summed E-state index contributed by atoms with van der Waals surface area (Å²) in [5.74, 6) is -1.81. The van der Waals surface area contributed by atoms with Gasteiger partial charge in [-0.1, -0.05) is 44.2 Å². The highest BCUT2D eigenvalue weighted by molar-refractivity contribution is 6.03. The van der Waals surface area contributed by atoms with E-state index in [1.54, 1.807) is 54.7 Å². The number of aliphatic carboxylic acids is 1. The first kappa shape index (κ1) is 21.1. The summed E-state index contributed by atoms with van der Waals surface area (Å²) in [5.41, 5.74) is 1.36. The zero-order chi connectivity index (χ0) is 21.8. The highest BCUT2D eigenvalue weighted by atomic mass is 16.5. The van der Waals surface area contributed by atoms with Gasteiger partial charge in [0.1, 0.15) is 11.8 Å². The second-order valence-electron chi connectivity index (χ2n) is 7.31. The van der Waals surface area contributed by atoms with Crippen molar-refractivity contribution < 1.29 is 24.2 Å². The van der Waals surface area contributed by atoms with Gasteiger partial charge < -0.3 is 24.4 Å². The number of carboxylic acid groups (broad SMARTS) is 1. The van der Waals surface area contributed by atoms with E-state index >= 15 is 0 Å². The van der Waals surface area contributed by atoms with Gasteiger partial charge >= 0.3 is 0 Å². The smallest absolute Gasteiger partial charge is 0.258 e. The summed E-state index contributed by atoms with van der Waals surface area (Å²) in [6.07, 6.45) is 1.55. The maximum Gasteiger partial charge on any atom is 0.258 e. The lowest BCUT2D eigenvalue weighted by Gasteiger charge is -2.41. The molecule has 0 radical (unpaired) electrons. The molecule has 1 aliphatic heterocycles. The van der Waals surface area contributed by atoms with Gasteiger partial charge in [0.2, 0.25) is 0 Å². The number of nitrogens with zero attached hydrogens (tertiary/aromatic N) is 2. The number of methoxy groups -OCH3 is 1. The molecule has 1 heterocycles. The van der Waals surface area contributed by atoms with E-state index in [0.29, 0.717) is 22.6 Å². The summed E-state index contributed by atoms with van der Waals surface area (Å²) < 4.78 is 5.14. The molecule has 30 heavy (non-hydrogen) atoms. The Labute approximate surface area is 175 Å². The van der Waals surface area contributed by atoms with Crippen LogP contribution in [-0.4, -0.2) is 47.3 Å². The molecule has 1 unspecified atom stereocenters. The van der Waals surface area contributed by atoms with E-state index < -0.39 is 24.5 Å². The number of ether oxygens (including phenoxy) is 1. The van der Waals surface area contributed by atoms with Crippen molar-refractivity contribution in [2.45, 2.75) is 19.9 Å². The Bertz CT molecular complexity index is 967. The molecule has 2 aromatic rings. The monoisotopic (exact) mass is 407 g/mol. The first-order valence-electron chi connectivity index (χ1n) is 9.58. The van der Waals surface area contributed by atoms with Gasteiger partial charge in [0.05, 0.1) is 25.3 Å². The summed E-state index contributed by atoms with van der Waals surface area (Å²) in [4.78, 5) is 40.5. The molecule has 1 aliphatic rings. The molecule has 0 fully saturated rings. The minimum Gasteiger partial charge on any atom is -0.548 e. The second kappa shape index (κ2) is 8.82. The standard InChI is InChI=1S/C23H24N2O5/c1-15(2)21-23(29)24(14-20(26)27)19(16-7-5-4-6-8-16)13-25(21)22(28)17-9-11-18(30-3)12-10-17/h4-13,15,21H,14H2,1-3H3,(H,26,27)/p-1. The molecule has 0 aromatic heterocycles. The number of carboxylic acids is 1. The third-order valence-corrected chi connectivity index (χ3v) is 4.93. The number of hydrogen-bond acceptors (Lipinski definition) is 5. The quantitative estimate of drug-likeness (QED) is 0.728. The summed E-state index contributed by atoms with van der Waals surface area (Å²) in [5, 5.41) is 11.3. The van der Waals surface area contributed by atoms with Crippen LogP contribution in [0.4, 0.5) is 0 Å². The predicted molar refractivity (Wildman–Crippen MR) is 109 cm³/mol. The molecule has 0 saturated carbocycles. The Hall–Kier alpha value is -3.61. The fraction of sp³-hybridized carbons (Fsp3) is 0.261. The van der Waals surface area contributed by atoms with Crippen LogP contribution >= 0.6 is 0 Å². The van der Waals surface area contributed by atoms with Crippen LogP contribution in [0.1, 0.15) is 29.8 Å². The molecule has 0 bridgehead atoms. The molecule has 3 rings (SSSR count). The molecule has 156 valence electrons. The number of amides is 2. The number of hydrogen-bond donors (Lipinski definition) is 0. The topological polar surface area (TPSA) is 90.0 Å². The number of carbonyl (C=O) groups is 3. The minimum absolute atomic E-state index is 0.238. The van der Waals surface area contributed by atoms with Crippen molar-refractivity contribution in [3.63, 3.8) is 0 Å². The third-order valence-electron chi connectivity index (χ3n) is 4.93. The maximum atomic E-state index is 13.3. The molecule has 2 amide bonds. The number of carbonyl (C=O) groups excluding carboxylic acids is 3.